The first-order chi connectivity index (χ1) is 11.4. The summed E-state index contributed by atoms with van der Waals surface area (Å²) < 4.78 is 12.3. The van der Waals surface area contributed by atoms with Gasteiger partial charge in [0, 0.05) is 5.56 Å². The Bertz CT molecular complexity index is 823. The van der Waals surface area contributed by atoms with Gasteiger partial charge in [-0.15, -0.1) is 0 Å². The van der Waals surface area contributed by atoms with Crippen LogP contribution in [0.2, 0.25) is 0 Å². The number of hydrogen-bond acceptors (Lipinski definition) is 2. The molecule has 1 aliphatic rings. The minimum absolute atomic E-state index is 0.244. The molecule has 0 aromatic heterocycles. The van der Waals surface area contributed by atoms with E-state index in [-0.39, 0.29) is 6.10 Å². The Morgan fingerprint density at radius 3 is 2.00 bits per heavy atom. The van der Waals surface area contributed by atoms with Crippen LogP contribution in [-0.4, -0.2) is 0 Å². The highest BCUT2D eigenvalue weighted by Crippen LogP contribution is 2.41. The lowest BCUT2D eigenvalue weighted by molar-refractivity contribution is 0.151. The summed E-state index contributed by atoms with van der Waals surface area (Å²) in [6.07, 6.45) is 1.79. The van der Waals surface area contributed by atoms with E-state index in [1.807, 2.05) is 66.7 Å². The lowest BCUT2D eigenvalue weighted by Gasteiger charge is -2.29. The third kappa shape index (κ3) is 2.84. The molecule has 1 heterocycles. The van der Waals surface area contributed by atoms with Gasteiger partial charge < -0.3 is 9.47 Å². The van der Waals surface area contributed by atoms with Crippen molar-refractivity contribution in [2.45, 2.75) is 6.10 Å². The van der Waals surface area contributed by atoms with Crippen LogP contribution >= 0.6 is 0 Å². The van der Waals surface area contributed by atoms with E-state index in [1.165, 1.54) is 0 Å². The smallest absolute Gasteiger partial charge is 0.181 e. The average Bonchev–Trinajstić information content (AvgIpc) is 2.63. The van der Waals surface area contributed by atoms with Crippen LogP contribution in [0.15, 0.2) is 90.7 Å². The number of para-hydroxylation sites is 2. The molecule has 4 rings (SSSR count). The first kappa shape index (κ1) is 13.6. The topological polar surface area (TPSA) is 18.5 Å². The van der Waals surface area contributed by atoms with Gasteiger partial charge in [-0.2, -0.15) is 0 Å². The van der Waals surface area contributed by atoms with Crippen LogP contribution in [0.3, 0.4) is 0 Å². The van der Waals surface area contributed by atoms with E-state index < -0.39 is 0 Å². The standard InChI is InChI=1S/C21H16O2/c1-3-9-16(10-4-1)15-20-21(17-11-5-2-6-12-17)23-19-14-8-7-13-18(19)22-20/h1-15,21H/b20-15-. The van der Waals surface area contributed by atoms with Crippen LogP contribution < -0.4 is 9.47 Å². The summed E-state index contributed by atoms with van der Waals surface area (Å²) in [6, 6.07) is 28.1. The van der Waals surface area contributed by atoms with E-state index in [4.69, 9.17) is 9.47 Å². The summed E-state index contributed by atoms with van der Waals surface area (Å²) >= 11 is 0. The normalized spacial score (nSPS) is 17.9. The fourth-order valence-electron chi connectivity index (χ4n) is 2.68. The highest BCUT2D eigenvalue weighted by Gasteiger charge is 2.27. The Morgan fingerprint density at radius 1 is 0.652 bits per heavy atom. The van der Waals surface area contributed by atoms with Gasteiger partial charge in [0.05, 0.1) is 0 Å². The van der Waals surface area contributed by atoms with Crippen molar-refractivity contribution in [3.63, 3.8) is 0 Å². The van der Waals surface area contributed by atoms with Gasteiger partial charge in [0.2, 0.25) is 0 Å². The largest absolute Gasteiger partial charge is 0.474 e. The highest BCUT2D eigenvalue weighted by molar-refractivity contribution is 5.56. The zero-order valence-electron chi connectivity index (χ0n) is 12.6. The molecule has 1 aliphatic heterocycles. The van der Waals surface area contributed by atoms with Crippen LogP contribution in [-0.2, 0) is 0 Å². The zero-order chi connectivity index (χ0) is 15.5. The molecule has 2 nitrogen and oxygen atoms in total. The van der Waals surface area contributed by atoms with E-state index in [2.05, 4.69) is 24.3 Å². The van der Waals surface area contributed by atoms with Crippen LogP contribution in [0.1, 0.15) is 17.2 Å². The van der Waals surface area contributed by atoms with E-state index in [0.717, 1.165) is 28.4 Å². The number of hydrogen-bond donors (Lipinski definition) is 0. The second-order valence-corrected chi connectivity index (χ2v) is 5.41. The Labute approximate surface area is 135 Å². The fraction of sp³-hybridized carbons (Fsp3) is 0.0476. The molecule has 2 heteroatoms. The summed E-state index contributed by atoms with van der Waals surface area (Å²) in [6.45, 7) is 0. The fourth-order valence-corrected chi connectivity index (χ4v) is 2.68. The maximum Gasteiger partial charge on any atom is 0.181 e. The van der Waals surface area contributed by atoms with Gasteiger partial charge >= 0.3 is 0 Å². The molecule has 3 aromatic carbocycles. The summed E-state index contributed by atoms with van der Waals surface area (Å²) in [5.41, 5.74) is 2.16. The van der Waals surface area contributed by atoms with Gasteiger partial charge in [0.15, 0.2) is 23.4 Å². The molecule has 0 fully saturated rings. The van der Waals surface area contributed by atoms with E-state index in [1.54, 1.807) is 0 Å². The molecule has 1 atom stereocenters. The third-order valence-electron chi connectivity index (χ3n) is 3.79. The predicted molar refractivity (Wildman–Crippen MR) is 91.3 cm³/mol. The molecule has 3 aromatic rings. The van der Waals surface area contributed by atoms with Gasteiger partial charge in [0.25, 0.3) is 0 Å². The quantitative estimate of drug-likeness (QED) is 0.644. The van der Waals surface area contributed by atoms with Gasteiger partial charge in [-0.1, -0.05) is 72.8 Å². The average molecular weight is 300 g/mol. The molecule has 0 aliphatic carbocycles. The Morgan fingerprint density at radius 2 is 1.26 bits per heavy atom. The monoisotopic (exact) mass is 300 g/mol. The second-order valence-electron chi connectivity index (χ2n) is 5.41. The molecule has 0 amide bonds. The van der Waals surface area contributed by atoms with Crippen molar-refractivity contribution in [2.24, 2.45) is 0 Å². The molecule has 1 unspecified atom stereocenters. The Hall–Kier alpha value is -3.00. The van der Waals surface area contributed by atoms with Crippen LogP contribution in [0.5, 0.6) is 11.5 Å². The van der Waals surface area contributed by atoms with Gasteiger partial charge in [-0.05, 0) is 23.8 Å². The molecular formula is C21H16O2. The van der Waals surface area contributed by atoms with Crippen molar-refractivity contribution in [2.75, 3.05) is 0 Å². The van der Waals surface area contributed by atoms with E-state index in [0.29, 0.717) is 0 Å². The van der Waals surface area contributed by atoms with Crippen molar-refractivity contribution >= 4 is 6.08 Å². The summed E-state index contributed by atoms with van der Waals surface area (Å²) in [4.78, 5) is 0. The van der Waals surface area contributed by atoms with Crippen LogP contribution in [0.4, 0.5) is 0 Å². The Balaban J connectivity index is 1.79. The molecule has 0 saturated heterocycles. The first-order valence-electron chi connectivity index (χ1n) is 7.65. The lowest BCUT2D eigenvalue weighted by Crippen LogP contribution is -2.19. The van der Waals surface area contributed by atoms with Crippen molar-refractivity contribution in [3.8, 4) is 11.5 Å². The third-order valence-corrected chi connectivity index (χ3v) is 3.79. The zero-order valence-corrected chi connectivity index (χ0v) is 12.6. The maximum absolute atomic E-state index is 6.21. The maximum atomic E-state index is 6.21. The van der Waals surface area contributed by atoms with Crippen molar-refractivity contribution in [3.05, 3.63) is 102 Å². The summed E-state index contributed by atoms with van der Waals surface area (Å²) in [5, 5.41) is 0. The number of benzene rings is 3. The molecule has 0 saturated carbocycles. The van der Waals surface area contributed by atoms with Crippen molar-refractivity contribution < 1.29 is 9.47 Å². The molecule has 0 bridgehead atoms. The lowest BCUT2D eigenvalue weighted by atomic mass is 10.0. The second kappa shape index (κ2) is 6.01. The predicted octanol–water partition coefficient (Wildman–Crippen LogP) is 5.24. The highest BCUT2D eigenvalue weighted by atomic mass is 16.6. The first-order valence-corrected chi connectivity index (χ1v) is 7.65. The minimum Gasteiger partial charge on any atom is -0.474 e. The summed E-state index contributed by atoms with van der Waals surface area (Å²) in [5.74, 6) is 2.31. The number of fused-ring (bicyclic) bond motifs is 1. The van der Waals surface area contributed by atoms with Crippen molar-refractivity contribution in [1.29, 1.82) is 0 Å². The molecule has 0 radical (unpaired) electrons. The van der Waals surface area contributed by atoms with Gasteiger partial charge in [0.1, 0.15) is 0 Å². The van der Waals surface area contributed by atoms with Gasteiger partial charge in [-0.25, -0.2) is 0 Å². The molecular weight excluding hydrogens is 284 g/mol. The van der Waals surface area contributed by atoms with Crippen molar-refractivity contribution in [1.82, 2.24) is 0 Å². The molecule has 112 valence electrons. The van der Waals surface area contributed by atoms with E-state index in [9.17, 15) is 0 Å². The van der Waals surface area contributed by atoms with Crippen LogP contribution in [0, 0.1) is 0 Å². The minimum atomic E-state index is -0.244. The number of rotatable bonds is 2. The van der Waals surface area contributed by atoms with E-state index >= 15 is 0 Å². The molecule has 0 N–H and O–H groups in total. The van der Waals surface area contributed by atoms with Gasteiger partial charge in [-0.3, -0.25) is 0 Å². The molecule has 23 heavy (non-hydrogen) atoms. The SMILES string of the molecule is C(=C1/Oc2ccccc2OC1c1ccccc1)/c1ccccc1. The number of ether oxygens (including phenoxy) is 2. The Kier molecular flexibility index (Phi) is 3.57. The van der Waals surface area contributed by atoms with Crippen LogP contribution in [0.25, 0.3) is 6.08 Å². The molecule has 0 spiro atoms. The summed E-state index contributed by atoms with van der Waals surface area (Å²) in [7, 11) is 0.